The number of nitrogens with one attached hydrogen (secondary N) is 1. The van der Waals surface area contributed by atoms with E-state index in [-0.39, 0.29) is 17.9 Å². The van der Waals surface area contributed by atoms with Gasteiger partial charge in [0, 0.05) is 25.9 Å². The van der Waals surface area contributed by atoms with E-state index in [1.54, 1.807) is 4.90 Å². The van der Waals surface area contributed by atoms with E-state index in [0.29, 0.717) is 19.5 Å². The minimum atomic E-state index is -0.324. The maximum Gasteiger partial charge on any atom is 0.243 e. The van der Waals surface area contributed by atoms with Crippen molar-refractivity contribution in [2.75, 3.05) is 6.54 Å². The molecule has 1 aromatic rings. The van der Waals surface area contributed by atoms with Crippen molar-refractivity contribution in [1.29, 1.82) is 0 Å². The second-order valence-corrected chi connectivity index (χ2v) is 6.71. The lowest BCUT2D eigenvalue weighted by Gasteiger charge is -2.23. The van der Waals surface area contributed by atoms with Gasteiger partial charge in [-0.15, -0.1) is 10.2 Å². The van der Waals surface area contributed by atoms with Crippen molar-refractivity contribution in [2.24, 2.45) is 0 Å². The molecule has 0 aromatic carbocycles. The van der Waals surface area contributed by atoms with Crippen LogP contribution in [0.1, 0.15) is 63.5 Å². The zero-order valence-corrected chi connectivity index (χ0v) is 14.5. The molecule has 2 aliphatic rings. The first-order chi connectivity index (χ1) is 11.7. The fraction of sp³-hybridized carbons (Fsp3) is 0.765. The number of likely N-dealkylation sites (tertiary alicyclic amines) is 1. The lowest BCUT2D eigenvalue weighted by atomic mass is 10.2. The summed E-state index contributed by atoms with van der Waals surface area (Å²) in [7, 11) is 0. The van der Waals surface area contributed by atoms with Crippen molar-refractivity contribution < 1.29 is 9.59 Å². The molecule has 7 heteroatoms. The third-order valence-corrected chi connectivity index (χ3v) is 4.95. The molecule has 2 aliphatic heterocycles. The van der Waals surface area contributed by atoms with Gasteiger partial charge in [-0.05, 0) is 32.1 Å². The Labute approximate surface area is 142 Å². The standard InChI is InChI=1S/C17H27N5O2/c1-2-7-16(23)21-11-6-8-13(21)17(24)18-12-15-20-19-14-9-4-3-5-10-22(14)15/h13H,2-12H2,1H3,(H,18,24). The van der Waals surface area contributed by atoms with Crippen LogP contribution in [0.25, 0.3) is 0 Å². The highest BCUT2D eigenvalue weighted by Gasteiger charge is 2.33. The molecule has 7 nitrogen and oxygen atoms in total. The Hall–Kier alpha value is -1.92. The number of hydrogen-bond acceptors (Lipinski definition) is 4. The number of nitrogens with zero attached hydrogens (tertiary/aromatic N) is 4. The van der Waals surface area contributed by atoms with Crippen molar-refractivity contribution in [3.8, 4) is 0 Å². The Kier molecular flexibility index (Phi) is 5.48. The van der Waals surface area contributed by atoms with Gasteiger partial charge < -0.3 is 14.8 Å². The largest absolute Gasteiger partial charge is 0.347 e. The van der Waals surface area contributed by atoms with E-state index in [9.17, 15) is 9.59 Å². The van der Waals surface area contributed by atoms with Crippen LogP contribution in [0.4, 0.5) is 0 Å². The first-order valence-electron chi connectivity index (χ1n) is 9.19. The summed E-state index contributed by atoms with van der Waals surface area (Å²) >= 11 is 0. The molecular weight excluding hydrogens is 306 g/mol. The molecular formula is C17H27N5O2. The molecule has 1 aromatic heterocycles. The van der Waals surface area contributed by atoms with E-state index in [0.717, 1.165) is 56.7 Å². The summed E-state index contributed by atoms with van der Waals surface area (Å²) in [5.74, 6) is 1.87. The molecule has 0 radical (unpaired) electrons. The molecule has 0 aliphatic carbocycles. The number of hydrogen-bond donors (Lipinski definition) is 1. The van der Waals surface area contributed by atoms with Crippen molar-refractivity contribution in [1.82, 2.24) is 25.0 Å². The van der Waals surface area contributed by atoms with Crippen LogP contribution in [0.2, 0.25) is 0 Å². The first-order valence-corrected chi connectivity index (χ1v) is 9.19. The molecule has 0 saturated carbocycles. The van der Waals surface area contributed by atoms with E-state index < -0.39 is 0 Å². The van der Waals surface area contributed by atoms with Gasteiger partial charge in [-0.3, -0.25) is 9.59 Å². The number of aryl methyl sites for hydroxylation is 1. The van der Waals surface area contributed by atoms with Gasteiger partial charge in [-0.25, -0.2) is 0 Å². The van der Waals surface area contributed by atoms with E-state index in [1.807, 2.05) is 6.92 Å². The van der Waals surface area contributed by atoms with Crippen molar-refractivity contribution >= 4 is 11.8 Å². The van der Waals surface area contributed by atoms with Crippen molar-refractivity contribution in [2.45, 2.75) is 77.4 Å². The Bertz CT molecular complexity index is 598. The van der Waals surface area contributed by atoms with Gasteiger partial charge in [0.2, 0.25) is 11.8 Å². The molecule has 1 atom stereocenters. The fourth-order valence-corrected chi connectivity index (χ4v) is 3.66. The maximum absolute atomic E-state index is 12.5. The quantitative estimate of drug-likeness (QED) is 0.883. The van der Waals surface area contributed by atoms with Crippen LogP contribution < -0.4 is 5.32 Å². The average molecular weight is 333 g/mol. The summed E-state index contributed by atoms with van der Waals surface area (Å²) in [4.78, 5) is 26.4. The smallest absolute Gasteiger partial charge is 0.243 e. The van der Waals surface area contributed by atoms with E-state index in [4.69, 9.17) is 0 Å². The number of amides is 2. The summed E-state index contributed by atoms with van der Waals surface area (Å²) < 4.78 is 2.14. The average Bonchev–Trinajstić information content (AvgIpc) is 3.15. The predicted molar refractivity (Wildman–Crippen MR) is 89.1 cm³/mol. The summed E-state index contributed by atoms with van der Waals surface area (Å²) in [6, 6.07) is -0.324. The molecule has 0 spiro atoms. The van der Waals surface area contributed by atoms with Gasteiger partial charge in [0.15, 0.2) is 5.82 Å². The summed E-state index contributed by atoms with van der Waals surface area (Å²) in [5, 5.41) is 11.5. The van der Waals surface area contributed by atoms with Crippen LogP contribution in [0.5, 0.6) is 0 Å². The predicted octanol–water partition coefficient (Wildman–Crippen LogP) is 1.41. The minimum absolute atomic E-state index is 0.0667. The van der Waals surface area contributed by atoms with Crippen LogP contribution in [-0.2, 0) is 29.1 Å². The monoisotopic (exact) mass is 333 g/mol. The van der Waals surface area contributed by atoms with Crippen molar-refractivity contribution in [3.05, 3.63) is 11.6 Å². The molecule has 132 valence electrons. The van der Waals surface area contributed by atoms with Crippen LogP contribution in [0, 0.1) is 0 Å². The second kappa shape index (κ2) is 7.77. The number of fused-ring (bicyclic) bond motifs is 1. The molecule has 1 saturated heterocycles. The van der Waals surface area contributed by atoms with Crippen LogP contribution in [0.15, 0.2) is 0 Å². The van der Waals surface area contributed by atoms with Crippen LogP contribution in [-0.4, -0.2) is 44.1 Å². The molecule has 1 N–H and O–H groups in total. The molecule has 0 bridgehead atoms. The summed E-state index contributed by atoms with van der Waals surface area (Å²) in [5.41, 5.74) is 0. The van der Waals surface area contributed by atoms with Gasteiger partial charge in [0.25, 0.3) is 0 Å². The number of carbonyl (C=O) groups excluding carboxylic acids is 2. The third-order valence-electron chi connectivity index (χ3n) is 4.95. The Morgan fingerprint density at radius 1 is 1.17 bits per heavy atom. The Morgan fingerprint density at radius 2 is 2.04 bits per heavy atom. The highest BCUT2D eigenvalue weighted by atomic mass is 16.2. The van der Waals surface area contributed by atoms with Gasteiger partial charge in [0.05, 0.1) is 6.54 Å². The van der Waals surface area contributed by atoms with Gasteiger partial charge in [-0.2, -0.15) is 0 Å². The Balaban J connectivity index is 1.59. The summed E-state index contributed by atoms with van der Waals surface area (Å²) in [6.07, 6.45) is 7.44. The van der Waals surface area contributed by atoms with Gasteiger partial charge in [-0.1, -0.05) is 13.3 Å². The fourth-order valence-electron chi connectivity index (χ4n) is 3.66. The summed E-state index contributed by atoms with van der Waals surface area (Å²) in [6.45, 7) is 3.99. The van der Waals surface area contributed by atoms with Crippen LogP contribution >= 0.6 is 0 Å². The number of rotatable bonds is 5. The van der Waals surface area contributed by atoms with Gasteiger partial charge in [0.1, 0.15) is 11.9 Å². The lowest BCUT2D eigenvalue weighted by molar-refractivity contribution is -0.138. The zero-order valence-electron chi connectivity index (χ0n) is 14.5. The van der Waals surface area contributed by atoms with E-state index >= 15 is 0 Å². The zero-order chi connectivity index (χ0) is 16.9. The third kappa shape index (κ3) is 3.60. The highest BCUT2D eigenvalue weighted by molar-refractivity contribution is 5.88. The van der Waals surface area contributed by atoms with E-state index in [1.165, 1.54) is 6.42 Å². The topological polar surface area (TPSA) is 80.1 Å². The Morgan fingerprint density at radius 3 is 2.88 bits per heavy atom. The highest BCUT2D eigenvalue weighted by Crippen LogP contribution is 2.19. The minimum Gasteiger partial charge on any atom is -0.347 e. The second-order valence-electron chi connectivity index (χ2n) is 6.71. The SMILES string of the molecule is CCCC(=O)N1CCCC1C(=O)NCc1nnc2n1CCCCC2. The first kappa shape index (κ1) is 16.9. The molecule has 2 amide bonds. The molecule has 24 heavy (non-hydrogen) atoms. The molecule has 3 heterocycles. The lowest BCUT2D eigenvalue weighted by Crippen LogP contribution is -2.45. The van der Waals surface area contributed by atoms with Crippen molar-refractivity contribution in [3.63, 3.8) is 0 Å². The molecule has 1 fully saturated rings. The van der Waals surface area contributed by atoms with Gasteiger partial charge >= 0.3 is 0 Å². The normalized spacial score (nSPS) is 20.5. The van der Waals surface area contributed by atoms with Crippen LogP contribution in [0.3, 0.4) is 0 Å². The number of aromatic nitrogens is 3. The molecule has 3 rings (SSSR count). The van der Waals surface area contributed by atoms with E-state index in [2.05, 4.69) is 20.1 Å². The maximum atomic E-state index is 12.5. The number of carbonyl (C=O) groups is 2. The molecule has 1 unspecified atom stereocenters.